The molecule has 2 aromatic rings. The number of hydrogen-bond acceptors (Lipinski definition) is 5. The minimum Gasteiger partial charge on any atom is -0.357 e. The van der Waals surface area contributed by atoms with Gasteiger partial charge in [0.15, 0.2) is 10.3 Å². The molecule has 1 N–H and O–H groups in total. The van der Waals surface area contributed by atoms with Gasteiger partial charge in [-0.3, -0.25) is 0 Å². The zero-order valence-corrected chi connectivity index (χ0v) is 10.8. The molecule has 0 aliphatic heterocycles. The van der Waals surface area contributed by atoms with Crippen molar-refractivity contribution in [1.82, 2.24) is 4.98 Å². The summed E-state index contributed by atoms with van der Waals surface area (Å²) in [5.41, 5.74) is 1.26. The van der Waals surface area contributed by atoms with Crippen LogP contribution in [0.5, 0.6) is 0 Å². The van der Waals surface area contributed by atoms with Gasteiger partial charge in [0.1, 0.15) is 10.9 Å². The summed E-state index contributed by atoms with van der Waals surface area (Å²) in [6.07, 6.45) is 0. The Kier molecular flexibility index (Phi) is 3.44. The van der Waals surface area contributed by atoms with Crippen LogP contribution in [0, 0.1) is 18.3 Å². The van der Waals surface area contributed by atoms with Crippen molar-refractivity contribution in [2.75, 3.05) is 5.32 Å². The fourth-order valence-electron chi connectivity index (χ4n) is 1.19. The maximum atomic E-state index is 8.74. The number of aromatic nitrogens is 1. The summed E-state index contributed by atoms with van der Waals surface area (Å²) in [6.45, 7) is 2.79. The van der Waals surface area contributed by atoms with Gasteiger partial charge >= 0.3 is 0 Å². The summed E-state index contributed by atoms with van der Waals surface area (Å²) in [7, 11) is 0. The van der Waals surface area contributed by atoms with Gasteiger partial charge in [0.05, 0.1) is 6.54 Å². The highest BCUT2D eigenvalue weighted by Gasteiger charge is 2.08. The molecule has 0 aliphatic rings. The summed E-state index contributed by atoms with van der Waals surface area (Å²) in [5.74, 6) is 0. The van der Waals surface area contributed by atoms with Gasteiger partial charge in [-0.2, -0.15) is 5.26 Å². The average Bonchev–Trinajstić information content (AvgIpc) is 2.82. The summed E-state index contributed by atoms with van der Waals surface area (Å²) < 4.78 is 0. The van der Waals surface area contributed by atoms with Crippen LogP contribution in [-0.4, -0.2) is 4.98 Å². The van der Waals surface area contributed by atoms with E-state index in [0.29, 0.717) is 10.0 Å². The SMILES string of the molecule is Cc1ccsc1CNc1nc(Cl)c(C#N)s1. The van der Waals surface area contributed by atoms with E-state index in [4.69, 9.17) is 16.9 Å². The Bertz CT molecular complexity index is 538. The van der Waals surface area contributed by atoms with Crippen LogP contribution in [0.25, 0.3) is 0 Å². The number of thiophene rings is 1. The Hall–Kier alpha value is -1.09. The molecule has 0 amide bonds. The second kappa shape index (κ2) is 4.83. The molecule has 2 heterocycles. The lowest BCUT2D eigenvalue weighted by molar-refractivity contribution is 1.15. The molecule has 0 atom stereocenters. The minimum atomic E-state index is 0.276. The number of aryl methyl sites for hydroxylation is 1. The molecule has 2 aromatic heterocycles. The quantitative estimate of drug-likeness (QED) is 0.925. The van der Waals surface area contributed by atoms with Crippen molar-refractivity contribution in [2.45, 2.75) is 13.5 Å². The van der Waals surface area contributed by atoms with Gasteiger partial charge in [-0.25, -0.2) is 4.98 Å². The number of hydrogen-bond donors (Lipinski definition) is 1. The molecule has 0 aliphatic carbocycles. The average molecular weight is 270 g/mol. The maximum Gasteiger partial charge on any atom is 0.185 e. The Balaban J connectivity index is 2.06. The molecule has 0 unspecified atom stereocenters. The molecule has 0 fully saturated rings. The topological polar surface area (TPSA) is 48.7 Å². The highest BCUT2D eigenvalue weighted by molar-refractivity contribution is 7.16. The van der Waals surface area contributed by atoms with Crippen molar-refractivity contribution in [1.29, 1.82) is 5.26 Å². The van der Waals surface area contributed by atoms with E-state index in [2.05, 4.69) is 28.7 Å². The van der Waals surface area contributed by atoms with Crippen molar-refractivity contribution < 1.29 is 0 Å². The Morgan fingerprint density at radius 1 is 1.62 bits per heavy atom. The van der Waals surface area contributed by atoms with Crippen LogP contribution in [0.15, 0.2) is 11.4 Å². The van der Waals surface area contributed by atoms with Crippen molar-refractivity contribution in [3.8, 4) is 6.07 Å². The van der Waals surface area contributed by atoms with Gasteiger partial charge in [-0.15, -0.1) is 11.3 Å². The van der Waals surface area contributed by atoms with E-state index in [0.717, 1.165) is 6.54 Å². The molecule has 16 heavy (non-hydrogen) atoms. The first-order chi connectivity index (χ1) is 7.70. The zero-order chi connectivity index (χ0) is 11.5. The van der Waals surface area contributed by atoms with E-state index in [1.54, 1.807) is 11.3 Å². The lowest BCUT2D eigenvalue weighted by Gasteiger charge is -2.00. The van der Waals surface area contributed by atoms with E-state index < -0.39 is 0 Å². The molecule has 6 heteroatoms. The van der Waals surface area contributed by atoms with Crippen molar-refractivity contribution >= 4 is 39.4 Å². The van der Waals surface area contributed by atoms with E-state index in [1.165, 1.54) is 21.8 Å². The van der Waals surface area contributed by atoms with E-state index in [-0.39, 0.29) is 5.15 Å². The van der Waals surface area contributed by atoms with Gasteiger partial charge in [0, 0.05) is 4.88 Å². The molecule has 0 saturated heterocycles. The number of nitrogens with zero attached hydrogens (tertiary/aromatic N) is 2. The van der Waals surface area contributed by atoms with Gasteiger partial charge in [-0.1, -0.05) is 22.9 Å². The molecule has 0 saturated carbocycles. The van der Waals surface area contributed by atoms with Crippen LogP contribution < -0.4 is 5.32 Å². The summed E-state index contributed by atoms with van der Waals surface area (Å²) in [6, 6.07) is 4.09. The van der Waals surface area contributed by atoms with Gasteiger partial charge in [0.25, 0.3) is 0 Å². The monoisotopic (exact) mass is 269 g/mol. The Labute approximate surface area is 106 Å². The highest BCUT2D eigenvalue weighted by Crippen LogP contribution is 2.27. The fourth-order valence-corrected chi connectivity index (χ4v) is 2.98. The molecule has 82 valence electrons. The largest absolute Gasteiger partial charge is 0.357 e. The first kappa shape index (κ1) is 11.4. The minimum absolute atomic E-state index is 0.276. The molecule has 0 bridgehead atoms. The lowest BCUT2D eigenvalue weighted by Crippen LogP contribution is -1.97. The smallest absolute Gasteiger partial charge is 0.185 e. The number of rotatable bonds is 3. The third-order valence-corrected chi connectivity index (χ3v) is 4.38. The van der Waals surface area contributed by atoms with Gasteiger partial charge in [0.2, 0.25) is 0 Å². The first-order valence-electron chi connectivity index (χ1n) is 4.54. The highest BCUT2D eigenvalue weighted by atomic mass is 35.5. The predicted molar refractivity (Wildman–Crippen MR) is 68.2 cm³/mol. The molecular weight excluding hydrogens is 262 g/mol. The fraction of sp³-hybridized carbons (Fsp3) is 0.200. The van der Waals surface area contributed by atoms with Crippen LogP contribution in [0.1, 0.15) is 15.3 Å². The second-order valence-electron chi connectivity index (χ2n) is 3.13. The van der Waals surface area contributed by atoms with E-state index in [1.807, 2.05) is 6.07 Å². The summed E-state index contributed by atoms with van der Waals surface area (Å²) in [4.78, 5) is 5.78. The van der Waals surface area contributed by atoms with E-state index >= 15 is 0 Å². The molecule has 0 aromatic carbocycles. The van der Waals surface area contributed by atoms with Gasteiger partial charge in [-0.05, 0) is 23.9 Å². The summed E-state index contributed by atoms with van der Waals surface area (Å²) >= 11 is 8.75. The van der Waals surface area contributed by atoms with Crippen molar-refractivity contribution in [3.05, 3.63) is 31.9 Å². The Morgan fingerprint density at radius 3 is 3.00 bits per heavy atom. The third-order valence-electron chi connectivity index (χ3n) is 2.06. The molecule has 2 rings (SSSR count). The normalized spacial score (nSPS) is 10.1. The van der Waals surface area contributed by atoms with E-state index in [9.17, 15) is 0 Å². The van der Waals surface area contributed by atoms with Crippen LogP contribution in [0.3, 0.4) is 0 Å². The molecular formula is C10H8ClN3S2. The maximum absolute atomic E-state index is 8.74. The van der Waals surface area contributed by atoms with Crippen LogP contribution >= 0.6 is 34.3 Å². The van der Waals surface area contributed by atoms with Crippen LogP contribution in [-0.2, 0) is 6.54 Å². The second-order valence-corrected chi connectivity index (χ2v) is 5.49. The summed E-state index contributed by atoms with van der Waals surface area (Å²) in [5, 5.41) is 14.9. The van der Waals surface area contributed by atoms with Crippen LogP contribution in [0.2, 0.25) is 5.15 Å². The predicted octanol–water partition coefficient (Wildman–Crippen LogP) is 3.65. The standard InChI is InChI=1S/C10H8ClN3S2/c1-6-2-3-15-8(6)5-13-10-14-9(11)7(4-12)16-10/h2-3H,5H2,1H3,(H,13,14). The van der Waals surface area contributed by atoms with Gasteiger partial charge < -0.3 is 5.32 Å². The molecule has 3 nitrogen and oxygen atoms in total. The third kappa shape index (κ3) is 2.35. The number of halogens is 1. The number of thiazole rings is 1. The van der Waals surface area contributed by atoms with Crippen molar-refractivity contribution in [3.63, 3.8) is 0 Å². The lowest BCUT2D eigenvalue weighted by atomic mass is 10.3. The Morgan fingerprint density at radius 2 is 2.44 bits per heavy atom. The van der Waals surface area contributed by atoms with Crippen LogP contribution in [0.4, 0.5) is 5.13 Å². The number of nitriles is 1. The zero-order valence-electron chi connectivity index (χ0n) is 8.45. The number of anilines is 1. The molecule has 0 radical (unpaired) electrons. The first-order valence-corrected chi connectivity index (χ1v) is 6.61. The molecule has 0 spiro atoms. The van der Waals surface area contributed by atoms with Crippen molar-refractivity contribution in [2.24, 2.45) is 0 Å². The number of nitrogens with one attached hydrogen (secondary N) is 1.